The van der Waals surface area contributed by atoms with Crippen LogP contribution in [0.4, 0.5) is 22.0 Å². The van der Waals surface area contributed by atoms with E-state index in [-0.39, 0.29) is 43.1 Å². The molecule has 2 saturated carbocycles. The second-order valence-corrected chi connectivity index (χ2v) is 8.04. The van der Waals surface area contributed by atoms with Crippen molar-refractivity contribution in [3.8, 4) is 5.75 Å². The Morgan fingerprint density at radius 2 is 1.85 bits per heavy atom. The van der Waals surface area contributed by atoms with Crippen molar-refractivity contribution in [2.24, 2.45) is 5.92 Å². The summed E-state index contributed by atoms with van der Waals surface area (Å²) in [7, 11) is 0. The van der Waals surface area contributed by atoms with Crippen molar-refractivity contribution in [2.75, 3.05) is 6.61 Å². The molecule has 1 aromatic carbocycles. The van der Waals surface area contributed by atoms with E-state index in [2.05, 4.69) is 0 Å². The molecule has 152 valence electrons. The van der Waals surface area contributed by atoms with Crippen LogP contribution in [-0.2, 0) is 0 Å². The van der Waals surface area contributed by atoms with Crippen LogP contribution in [0.25, 0.3) is 0 Å². The molecule has 0 N–H and O–H groups in total. The lowest BCUT2D eigenvalue weighted by Crippen LogP contribution is -2.48. The maximum absolute atomic E-state index is 15.6. The van der Waals surface area contributed by atoms with Gasteiger partial charge in [-0.2, -0.15) is 4.39 Å². The molecule has 0 spiro atoms. The Morgan fingerprint density at radius 3 is 2.52 bits per heavy atom. The van der Waals surface area contributed by atoms with Crippen molar-refractivity contribution in [1.82, 2.24) is 0 Å². The number of ether oxygens (including phenoxy) is 1. The molecule has 0 bridgehead atoms. The summed E-state index contributed by atoms with van der Waals surface area (Å²) < 4.78 is 79.7. The van der Waals surface area contributed by atoms with Crippen molar-refractivity contribution in [3.05, 3.63) is 29.3 Å². The highest BCUT2D eigenvalue weighted by Crippen LogP contribution is 2.59. The van der Waals surface area contributed by atoms with Gasteiger partial charge in [-0.15, -0.1) is 0 Å². The average Bonchev–Trinajstić information content (AvgIpc) is 2.85. The van der Waals surface area contributed by atoms with Gasteiger partial charge in [-0.1, -0.05) is 25.8 Å². The Hall–Kier alpha value is -1.33. The topological polar surface area (TPSA) is 9.23 Å². The lowest BCUT2D eigenvalue weighted by atomic mass is 9.84. The van der Waals surface area contributed by atoms with Gasteiger partial charge in [0.1, 0.15) is 11.8 Å². The summed E-state index contributed by atoms with van der Waals surface area (Å²) in [4.78, 5) is 0. The first kappa shape index (κ1) is 20.4. The molecule has 0 aliphatic heterocycles. The van der Waals surface area contributed by atoms with E-state index in [0.717, 1.165) is 12.8 Å². The summed E-state index contributed by atoms with van der Waals surface area (Å²) in [6.45, 7) is 3.78. The average molecular weight is 390 g/mol. The van der Waals surface area contributed by atoms with Gasteiger partial charge in [0.2, 0.25) is 5.82 Å². The van der Waals surface area contributed by atoms with Gasteiger partial charge in [0.25, 0.3) is 0 Å². The van der Waals surface area contributed by atoms with Crippen molar-refractivity contribution >= 4 is 0 Å². The summed E-state index contributed by atoms with van der Waals surface area (Å²) >= 11 is 0. The van der Waals surface area contributed by atoms with Gasteiger partial charge in [-0.25, -0.2) is 17.6 Å². The van der Waals surface area contributed by atoms with Gasteiger partial charge in [-0.3, -0.25) is 0 Å². The first-order valence-electron chi connectivity index (χ1n) is 9.88. The fraction of sp³-hybridized carbons (Fsp3) is 0.714. The highest BCUT2D eigenvalue weighted by molar-refractivity contribution is 5.35. The first-order valence-corrected chi connectivity index (χ1v) is 9.88. The smallest absolute Gasteiger partial charge is 0.200 e. The predicted molar refractivity (Wildman–Crippen MR) is 94.3 cm³/mol. The van der Waals surface area contributed by atoms with Crippen LogP contribution < -0.4 is 4.74 Å². The third-order valence-electron chi connectivity index (χ3n) is 6.36. The van der Waals surface area contributed by atoms with Crippen LogP contribution in [-0.4, -0.2) is 24.1 Å². The van der Waals surface area contributed by atoms with Gasteiger partial charge in [0.05, 0.1) is 6.61 Å². The van der Waals surface area contributed by atoms with Crippen molar-refractivity contribution < 1.29 is 26.7 Å². The molecule has 2 aliphatic rings. The summed E-state index contributed by atoms with van der Waals surface area (Å²) in [5.74, 6) is -3.49. The summed E-state index contributed by atoms with van der Waals surface area (Å²) in [5, 5.41) is 0. The number of hydrogen-bond donors (Lipinski definition) is 0. The number of hydrogen-bond acceptors (Lipinski definition) is 1. The van der Waals surface area contributed by atoms with Gasteiger partial charge in [0, 0.05) is 0 Å². The number of alkyl halides is 3. The van der Waals surface area contributed by atoms with Crippen LogP contribution in [0.3, 0.4) is 0 Å². The Kier molecular flexibility index (Phi) is 5.74. The van der Waals surface area contributed by atoms with E-state index >= 15 is 8.78 Å². The van der Waals surface area contributed by atoms with Crippen LogP contribution in [0, 0.1) is 17.6 Å². The predicted octanol–water partition coefficient (Wildman–Crippen LogP) is 6.60. The van der Waals surface area contributed by atoms with E-state index in [1.807, 2.05) is 6.92 Å². The Morgan fingerprint density at radius 1 is 1.11 bits per heavy atom. The second-order valence-electron chi connectivity index (χ2n) is 8.04. The zero-order valence-electron chi connectivity index (χ0n) is 15.8. The zero-order chi connectivity index (χ0) is 19.8. The Labute approximate surface area is 157 Å². The second kappa shape index (κ2) is 7.59. The SMILES string of the molecule is CCCC1CCC2(F)CC(c3ccc(OCC)c(F)c3F)CC2(F)C(F)C1. The molecule has 3 rings (SSSR count). The summed E-state index contributed by atoms with van der Waals surface area (Å²) in [6, 6.07) is 2.57. The van der Waals surface area contributed by atoms with Crippen LogP contribution in [0.15, 0.2) is 12.1 Å². The molecule has 1 aromatic rings. The molecule has 0 heterocycles. The van der Waals surface area contributed by atoms with Crippen molar-refractivity contribution in [1.29, 1.82) is 0 Å². The fourth-order valence-electron chi connectivity index (χ4n) is 4.94. The molecule has 5 atom stereocenters. The minimum atomic E-state index is -2.65. The van der Waals surface area contributed by atoms with E-state index in [4.69, 9.17) is 4.74 Å². The van der Waals surface area contributed by atoms with Crippen LogP contribution in [0.5, 0.6) is 5.75 Å². The molecular formula is C21H27F5O. The molecule has 6 heteroatoms. The standard InChI is InChI=1S/C21H27F5O/c1-3-5-13-8-9-20(25)11-14(12-21(20,26)17(22)10-13)15-6-7-16(27-4-2)19(24)18(15)23/h6-7,13-14,17H,3-5,8-12H2,1-2H3. The third kappa shape index (κ3) is 3.44. The van der Waals surface area contributed by atoms with Crippen LogP contribution in [0.2, 0.25) is 0 Å². The van der Waals surface area contributed by atoms with E-state index in [1.54, 1.807) is 6.92 Å². The van der Waals surface area contributed by atoms with Gasteiger partial charge < -0.3 is 4.74 Å². The van der Waals surface area contributed by atoms with Crippen molar-refractivity contribution in [2.45, 2.75) is 82.2 Å². The molecule has 1 nitrogen and oxygen atoms in total. The van der Waals surface area contributed by atoms with E-state index in [9.17, 15) is 13.2 Å². The maximum atomic E-state index is 15.6. The lowest BCUT2D eigenvalue weighted by molar-refractivity contribution is -0.0663. The number of fused-ring (bicyclic) bond motifs is 1. The minimum absolute atomic E-state index is 0.0111. The molecule has 2 aliphatic carbocycles. The molecule has 0 amide bonds. The highest BCUT2D eigenvalue weighted by atomic mass is 19.2. The molecular weight excluding hydrogens is 363 g/mol. The van der Waals surface area contributed by atoms with E-state index < -0.39 is 41.5 Å². The normalized spacial score (nSPS) is 36.3. The number of benzene rings is 1. The zero-order valence-corrected chi connectivity index (χ0v) is 15.8. The van der Waals surface area contributed by atoms with Crippen LogP contribution >= 0.6 is 0 Å². The molecule has 0 saturated heterocycles. The molecule has 2 fully saturated rings. The van der Waals surface area contributed by atoms with Crippen LogP contribution in [0.1, 0.15) is 70.3 Å². The summed E-state index contributed by atoms with van der Waals surface area (Å²) in [5.41, 5.74) is -5.10. The van der Waals surface area contributed by atoms with Gasteiger partial charge in [-0.05, 0) is 62.5 Å². The molecule has 5 unspecified atom stereocenters. The molecule has 0 radical (unpaired) electrons. The van der Waals surface area contributed by atoms with E-state index in [0.29, 0.717) is 6.42 Å². The molecule has 27 heavy (non-hydrogen) atoms. The number of rotatable bonds is 5. The number of halogens is 5. The monoisotopic (exact) mass is 390 g/mol. The highest BCUT2D eigenvalue weighted by Gasteiger charge is 2.65. The quantitative estimate of drug-likeness (QED) is 0.515. The minimum Gasteiger partial charge on any atom is -0.491 e. The van der Waals surface area contributed by atoms with Gasteiger partial charge in [0.15, 0.2) is 17.2 Å². The Bertz CT molecular complexity index is 681. The Balaban J connectivity index is 1.88. The van der Waals surface area contributed by atoms with Crippen molar-refractivity contribution in [3.63, 3.8) is 0 Å². The largest absolute Gasteiger partial charge is 0.491 e. The fourth-order valence-corrected chi connectivity index (χ4v) is 4.94. The maximum Gasteiger partial charge on any atom is 0.200 e. The first-order chi connectivity index (χ1) is 12.8. The lowest BCUT2D eigenvalue weighted by Gasteiger charge is -2.33. The van der Waals surface area contributed by atoms with Gasteiger partial charge >= 0.3 is 0 Å². The van der Waals surface area contributed by atoms with E-state index in [1.165, 1.54) is 12.1 Å². The third-order valence-corrected chi connectivity index (χ3v) is 6.36. The summed E-state index contributed by atoms with van der Waals surface area (Å²) in [6.07, 6.45) is -0.800. The molecule has 0 aromatic heterocycles.